The summed E-state index contributed by atoms with van der Waals surface area (Å²) in [4.78, 5) is 30.8. The molecule has 28 heavy (non-hydrogen) atoms. The van der Waals surface area contributed by atoms with Crippen molar-refractivity contribution in [3.8, 4) is 0 Å². The minimum Gasteiger partial charge on any atom is -0.366 e. The third kappa shape index (κ3) is 3.72. The molecule has 2 aliphatic heterocycles. The molecule has 1 fully saturated rings. The molecule has 0 N–H and O–H groups in total. The van der Waals surface area contributed by atoms with Gasteiger partial charge < -0.3 is 14.7 Å². The first kappa shape index (κ1) is 18.5. The summed E-state index contributed by atoms with van der Waals surface area (Å²) in [5.74, 6) is -0.545. The smallest absolute Gasteiger partial charge is 0.236 e. The number of piperazine rings is 1. The number of hydrogen-bond donors (Lipinski definition) is 0. The van der Waals surface area contributed by atoms with Crippen LogP contribution in [-0.4, -0.2) is 49.4 Å². The van der Waals surface area contributed by atoms with Crippen LogP contribution in [0.4, 0.5) is 15.8 Å². The Morgan fingerprint density at radius 1 is 0.821 bits per heavy atom. The topological polar surface area (TPSA) is 43.9 Å². The Morgan fingerprint density at radius 3 is 2.25 bits per heavy atom. The molecule has 0 atom stereocenters. The molecule has 0 spiro atoms. The Bertz CT molecular complexity index is 878. The fourth-order valence-electron chi connectivity index (χ4n) is 4.03. The first-order chi connectivity index (χ1) is 13.6. The SMILES string of the molecule is O=C(CC(=O)N1CCCc2ccccc21)N1CCN(c2ccccc2F)CC1. The van der Waals surface area contributed by atoms with Crippen molar-refractivity contribution in [1.82, 2.24) is 4.90 Å². The highest BCUT2D eigenvalue weighted by atomic mass is 19.1. The molecule has 0 unspecified atom stereocenters. The molecule has 2 aromatic rings. The number of aryl methyl sites for hydroxylation is 1. The number of amides is 2. The van der Waals surface area contributed by atoms with Crippen molar-refractivity contribution >= 4 is 23.2 Å². The molecule has 2 aliphatic rings. The molecule has 146 valence electrons. The van der Waals surface area contributed by atoms with Gasteiger partial charge in [0.1, 0.15) is 12.2 Å². The average Bonchev–Trinajstić information content (AvgIpc) is 2.73. The number of nitrogens with zero attached hydrogens (tertiary/aromatic N) is 3. The zero-order valence-electron chi connectivity index (χ0n) is 15.8. The van der Waals surface area contributed by atoms with Crippen LogP contribution in [0.15, 0.2) is 48.5 Å². The van der Waals surface area contributed by atoms with Gasteiger partial charge in [-0.25, -0.2) is 4.39 Å². The number of rotatable bonds is 3. The van der Waals surface area contributed by atoms with E-state index in [2.05, 4.69) is 0 Å². The molecule has 2 heterocycles. The molecule has 0 saturated carbocycles. The van der Waals surface area contributed by atoms with Gasteiger partial charge in [0.25, 0.3) is 0 Å². The highest BCUT2D eigenvalue weighted by Gasteiger charge is 2.28. The van der Waals surface area contributed by atoms with E-state index in [1.807, 2.05) is 35.2 Å². The van der Waals surface area contributed by atoms with E-state index < -0.39 is 0 Å². The van der Waals surface area contributed by atoms with E-state index in [0.717, 1.165) is 24.1 Å². The Kier molecular flexibility index (Phi) is 5.28. The second-order valence-corrected chi connectivity index (χ2v) is 7.27. The number of carbonyl (C=O) groups excluding carboxylic acids is 2. The van der Waals surface area contributed by atoms with Crippen LogP contribution in [0, 0.1) is 5.82 Å². The van der Waals surface area contributed by atoms with Crippen LogP contribution < -0.4 is 9.80 Å². The maximum atomic E-state index is 14.0. The maximum absolute atomic E-state index is 14.0. The molecule has 4 rings (SSSR count). The molecule has 0 aliphatic carbocycles. The molecule has 2 aromatic carbocycles. The van der Waals surface area contributed by atoms with Crippen LogP contribution in [0.2, 0.25) is 0 Å². The van der Waals surface area contributed by atoms with Crippen LogP contribution in [-0.2, 0) is 16.0 Å². The van der Waals surface area contributed by atoms with Crippen molar-refractivity contribution in [3.05, 3.63) is 59.9 Å². The predicted octanol–water partition coefficient (Wildman–Crippen LogP) is 2.84. The van der Waals surface area contributed by atoms with E-state index in [1.54, 1.807) is 21.9 Å². The zero-order valence-corrected chi connectivity index (χ0v) is 15.8. The lowest BCUT2D eigenvalue weighted by Crippen LogP contribution is -2.50. The minimum absolute atomic E-state index is 0.117. The second-order valence-electron chi connectivity index (χ2n) is 7.27. The number of anilines is 2. The summed E-state index contributed by atoms with van der Waals surface area (Å²) in [5.41, 5.74) is 2.65. The first-order valence-electron chi connectivity index (χ1n) is 9.79. The number of carbonyl (C=O) groups is 2. The zero-order chi connectivity index (χ0) is 19.5. The Morgan fingerprint density at radius 2 is 1.50 bits per heavy atom. The van der Waals surface area contributed by atoms with E-state index in [4.69, 9.17) is 0 Å². The van der Waals surface area contributed by atoms with Gasteiger partial charge in [-0.1, -0.05) is 30.3 Å². The minimum atomic E-state index is -0.249. The van der Waals surface area contributed by atoms with Crippen molar-refractivity contribution in [1.29, 1.82) is 0 Å². The van der Waals surface area contributed by atoms with Crippen LogP contribution in [0.5, 0.6) is 0 Å². The van der Waals surface area contributed by atoms with Crippen molar-refractivity contribution < 1.29 is 14.0 Å². The van der Waals surface area contributed by atoms with E-state index in [0.29, 0.717) is 38.4 Å². The van der Waals surface area contributed by atoms with Crippen LogP contribution in [0.3, 0.4) is 0 Å². The first-order valence-corrected chi connectivity index (χ1v) is 9.79. The standard InChI is InChI=1S/C22H24FN3O2/c23-18-8-2-4-10-20(18)24-12-14-25(15-13-24)21(27)16-22(28)26-11-5-7-17-6-1-3-9-19(17)26/h1-4,6,8-10H,5,7,11-16H2. The van der Waals surface area contributed by atoms with E-state index in [-0.39, 0.29) is 24.1 Å². The van der Waals surface area contributed by atoms with Crippen molar-refractivity contribution in [3.63, 3.8) is 0 Å². The quantitative estimate of drug-likeness (QED) is 0.768. The summed E-state index contributed by atoms with van der Waals surface area (Å²) in [6, 6.07) is 14.6. The number of para-hydroxylation sites is 2. The van der Waals surface area contributed by atoms with E-state index in [9.17, 15) is 14.0 Å². The number of hydrogen-bond acceptors (Lipinski definition) is 3. The Labute approximate surface area is 164 Å². The molecule has 6 heteroatoms. The summed E-state index contributed by atoms with van der Waals surface area (Å²) in [7, 11) is 0. The second kappa shape index (κ2) is 8.00. The van der Waals surface area contributed by atoms with Crippen molar-refractivity contribution in [2.45, 2.75) is 19.3 Å². The summed E-state index contributed by atoms with van der Waals surface area (Å²) >= 11 is 0. The fourth-order valence-corrected chi connectivity index (χ4v) is 4.03. The lowest BCUT2D eigenvalue weighted by Gasteiger charge is -2.36. The Balaban J connectivity index is 1.35. The van der Waals surface area contributed by atoms with Gasteiger partial charge in [0.2, 0.25) is 11.8 Å². The Hall–Kier alpha value is -2.89. The predicted molar refractivity (Wildman–Crippen MR) is 107 cm³/mol. The lowest BCUT2D eigenvalue weighted by molar-refractivity contribution is -0.135. The van der Waals surface area contributed by atoms with Gasteiger partial charge in [-0.05, 0) is 36.6 Å². The molecule has 0 aromatic heterocycles. The summed E-state index contributed by atoms with van der Waals surface area (Å²) in [6.07, 6.45) is 1.76. The average molecular weight is 381 g/mol. The summed E-state index contributed by atoms with van der Waals surface area (Å²) in [6.45, 7) is 2.78. The molecule has 0 radical (unpaired) electrons. The summed E-state index contributed by atoms with van der Waals surface area (Å²) in [5, 5.41) is 0. The van der Waals surface area contributed by atoms with Gasteiger partial charge in [0.05, 0.1) is 5.69 Å². The lowest BCUT2D eigenvalue weighted by atomic mass is 10.0. The number of benzene rings is 2. The fraction of sp³-hybridized carbons (Fsp3) is 0.364. The van der Waals surface area contributed by atoms with Crippen molar-refractivity contribution in [2.24, 2.45) is 0 Å². The monoisotopic (exact) mass is 381 g/mol. The van der Waals surface area contributed by atoms with Crippen LogP contribution in [0.25, 0.3) is 0 Å². The normalized spacial score (nSPS) is 16.7. The number of halogens is 1. The third-order valence-electron chi connectivity index (χ3n) is 5.54. The summed E-state index contributed by atoms with van der Waals surface area (Å²) < 4.78 is 14.0. The maximum Gasteiger partial charge on any atom is 0.236 e. The van der Waals surface area contributed by atoms with Gasteiger partial charge in [-0.15, -0.1) is 0 Å². The largest absolute Gasteiger partial charge is 0.366 e. The van der Waals surface area contributed by atoms with Crippen LogP contribution >= 0.6 is 0 Å². The molecular formula is C22H24FN3O2. The van der Waals surface area contributed by atoms with E-state index in [1.165, 1.54) is 6.07 Å². The third-order valence-corrected chi connectivity index (χ3v) is 5.54. The molecule has 2 amide bonds. The highest BCUT2D eigenvalue weighted by Crippen LogP contribution is 2.27. The molecule has 5 nitrogen and oxygen atoms in total. The van der Waals surface area contributed by atoms with Gasteiger partial charge >= 0.3 is 0 Å². The van der Waals surface area contributed by atoms with Crippen molar-refractivity contribution in [2.75, 3.05) is 42.5 Å². The van der Waals surface area contributed by atoms with Gasteiger partial charge in [0.15, 0.2) is 0 Å². The molecule has 0 bridgehead atoms. The van der Waals surface area contributed by atoms with Crippen LogP contribution in [0.1, 0.15) is 18.4 Å². The van der Waals surface area contributed by atoms with E-state index >= 15 is 0 Å². The molecular weight excluding hydrogens is 357 g/mol. The van der Waals surface area contributed by atoms with Gasteiger partial charge in [0, 0.05) is 38.4 Å². The molecule has 1 saturated heterocycles. The van der Waals surface area contributed by atoms with Gasteiger partial charge in [-0.2, -0.15) is 0 Å². The number of fused-ring (bicyclic) bond motifs is 1. The highest BCUT2D eigenvalue weighted by molar-refractivity contribution is 6.05. The van der Waals surface area contributed by atoms with Gasteiger partial charge in [-0.3, -0.25) is 9.59 Å².